The predicted molar refractivity (Wildman–Crippen MR) is 55.0 cm³/mol. The second-order valence-corrected chi connectivity index (χ2v) is 3.95. The molecule has 0 bridgehead atoms. The number of rotatable bonds is 5. The number of primary amides is 1. The summed E-state index contributed by atoms with van der Waals surface area (Å²) in [5, 5.41) is 2.76. The number of amides is 2. The SMILES string of the molecule is CC(CC(N)=O)C(=O)NCC1CCCO1. The van der Waals surface area contributed by atoms with Crippen molar-refractivity contribution >= 4 is 11.8 Å². The lowest BCUT2D eigenvalue weighted by Gasteiger charge is -2.13. The maximum atomic E-state index is 11.5. The van der Waals surface area contributed by atoms with Crippen molar-refractivity contribution in [3.8, 4) is 0 Å². The monoisotopic (exact) mass is 214 g/mol. The average molecular weight is 214 g/mol. The Morgan fingerprint density at radius 2 is 2.33 bits per heavy atom. The molecular weight excluding hydrogens is 196 g/mol. The van der Waals surface area contributed by atoms with Gasteiger partial charge in [0.1, 0.15) is 0 Å². The quantitative estimate of drug-likeness (QED) is 0.664. The van der Waals surface area contributed by atoms with Crippen LogP contribution in [0.5, 0.6) is 0 Å². The highest BCUT2D eigenvalue weighted by Gasteiger charge is 2.19. The van der Waals surface area contributed by atoms with E-state index in [1.807, 2.05) is 0 Å². The first-order valence-electron chi connectivity index (χ1n) is 5.27. The van der Waals surface area contributed by atoms with Gasteiger partial charge >= 0.3 is 0 Å². The first-order valence-corrected chi connectivity index (χ1v) is 5.27. The Morgan fingerprint density at radius 3 is 2.87 bits per heavy atom. The Hall–Kier alpha value is -1.10. The van der Waals surface area contributed by atoms with Gasteiger partial charge in [-0.2, -0.15) is 0 Å². The average Bonchev–Trinajstić information content (AvgIpc) is 2.65. The summed E-state index contributed by atoms with van der Waals surface area (Å²) in [6.07, 6.45) is 2.27. The van der Waals surface area contributed by atoms with Crippen molar-refractivity contribution < 1.29 is 14.3 Å². The van der Waals surface area contributed by atoms with E-state index >= 15 is 0 Å². The van der Waals surface area contributed by atoms with Crippen molar-refractivity contribution in [2.75, 3.05) is 13.2 Å². The summed E-state index contributed by atoms with van der Waals surface area (Å²) >= 11 is 0. The van der Waals surface area contributed by atoms with Gasteiger partial charge in [0.05, 0.1) is 6.10 Å². The number of nitrogens with two attached hydrogens (primary N) is 1. The van der Waals surface area contributed by atoms with Gasteiger partial charge in [-0.3, -0.25) is 9.59 Å². The maximum absolute atomic E-state index is 11.5. The molecule has 0 radical (unpaired) electrons. The van der Waals surface area contributed by atoms with Gasteiger partial charge < -0.3 is 15.8 Å². The summed E-state index contributed by atoms with van der Waals surface area (Å²) in [4.78, 5) is 22.1. The Kier molecular flexibility index (Phi) is 4.55. The molecule has 2 atom stereocenters. The molecule has 86 valence electrons. The van der Waals surface area contributed by atoms with E-state index in [9.17, 15) is 9.59 Å². The summed E-state index contributed by atoms with van der Waals surface area (Å²) in [6, 6.07) is 0. The number of hydrogen-bond donors (Lipinski definition) is 2. The number of carbonyl (C=O) groups excluding carboxylic acids is 2. The molecule has 3 N–H and O–H groups in total. The second-order valence-electron chi connectivity index (χ2n) is 3.95. The van der Waals surface area contributed by atoms with Gasteiger partial charge in [0.15, 0.2) is 0 Å². The van der Waals surface area contributed by atoms with E-state index in [-0.39, 0.29) is 24.3 Å². The molecule has 1 saturated heterocycles. The van der Waals surface area contributed by atoms with Crippen molar-refractivity contribution in [1.29, 1.82) is 0 Å². The van der Waals surface area contributed by atoms with Gasteiger partial charge in [-0.1, -0.05) is 6.92 Å². The van der Waals surface area contributed by atoms with E-state index < -0.39 is 5.91 Å². The van der Waals surface area contributed by atoms with E-state index in [1.54, 1.807) is 6.92 Å². The lowest BCUT2D eigenvalue weighted by Crippen LogP contribution is -2.36. The standard InChI is InChI=1S/C10H18N2O3/c1-7(5-9(11)13)10(14)12-6-8-3-2-4-15-8/h7-8H,2-6H2,1H3,(H2,11,13)(H,12,14). The summed E-state index contributed by atoms with van der Waals surface area (Å²) in [5.41, 5.74) is 5.01. The van der Waals surface area contributed by atoms with E-state index in [4.69, 9.17) is 10.5 Å². The molecule has 0 spiro atoms. The Labute approximate surface area is 89.3 Å². The Morgan fingerprint density at radius 1 is 1.60 bits per heavy atom. The topological polar surface area (TPSA) is 81.4 Å². The van der Waals surface area contributed by atoms with Crippen LogP contribution in [0.1, 0.15) is 26.2 Å². The van der Waals surface area contributed by atoms with Gasteiger partial charge in [-0.25, -0.2) is 0 Å². The molecule has 5 heteroatoms. The minimum atomic E-state index is -0.449. The van der Waals surface area contributed by atoms with Crippen LogP contribution in [-0.4, -0.2) is 31.1 Å². The number of ether oxygens (including phenoxy) is 1. The van der Waals surface area contributed by atoms with Crippen LogP contribution >= 0.6 is 0 Å². The molecular formula is C10H18N2O3. The molecule has 0 aromatic heterocycles. The third-order valence-electron chi connectivity index (χ3n) is 2.48. The molecule has 1 rings (SSSR count). The number of carbonyl (C=O) groups is 2. The molecule has 1 heterocycles. The molecule has 0 saturated carbocycles. The lowest BCUT2D eigenvalue weighted by atomic mass is 10.1. The highest BCUT2D eigenvalue weighted by molar-refractivity contribution is 5.84. The molecule has 5 nitrogen and oxygen atoms in total. The number of nitrogens with one attached hydrogen (secondary N) is 1. The van der Waals surface area contributed by atoms with Gasteiger partial charge in [0.25, 0.3) is 0 Å². The van der Waals surface area contributed by atoms with Crippen molar-refractivity contribution in [2.45, 2.75) is 32.3 Å². The highest BCUT2D eigenvalue weighted by Crippen LogP contribution is 2.11. The van der Waals surface area contributed by atoms with Crippen LogP contribution in [0.4, 0.5) is 0 Å². The third-order valence-corrected chi connectivity index (χ3v) is 2.48. The van der Waals surface area contributed by atoms with Crippen LogP contribution < -0.4 is 11.1 Å². The van der Waals surface area contributed by atoms with Crippen LogP contribution in [0.25, 0.3) is 0 Å². The predicted octanol–water partition coefficient (Wildman–Crippen LogP) is -0.207. The molecule has 0 aromatic rings. The lowest BCUT2D eigenvalue weighted by molar-refractivity contribution is -0.128. The van der Waals surface area contributed by atoms with Crippen molar-refractivity contribution in [3.05, 3.63) is 0 Å². The molecule has 2 amide bonds. The molecule has 2 unspecified atom stereocenters. The Bertz CT molecular complexity index is 237. The first kappa shape index (κ1) is 12.0. The van der Waals surface area contributed by atoms with E-state index in [2.05, 4.69) is 5.32 Å². The van der Waals surface area contributed by atoms with Crippen LogP contribution in [0.2, 0.25) is 0 Å². The van der Waals surface area contributed by atoms with Crippen molar-refractivity contribution in [2.24, 2.45) is 11.7 Å². The molecule has 15 heavy (non-hydrogen) atoms. The highest BCUT2D eigenvalue weighted by atomic mass is 16.5. The fraction of sp³-hybridized carbons (Fsp3) is 0.800. The molecule has 0 aromatic carbocycles. The smallest absolute Gasteiger partial charge is 0.223 e. The largest absolute Gasteiger partial charge is 0.376 e. The molecule has 1 aliphatic rings. The zero-order chi connectivity index (χ0) is 11.3. The van der Waals surface area contributed by atoms with Crippen LogP contribution in [0, 0.1) is 5.92 Å². The normalized spacial score (nSPS) is 22.3. The minimum absolute atomic E-state index is 0.0946. The van der Waals surface area contributed by atoms with Gasteiger partial charge in [-0.05, 0) is 12.8 Å². The second kappa shape index (κ2) is 5.70. The number of hydrogen-bond acceptors (Lipinski definition) is 3. The van der Waals surface area contributed by atoms with Crippen molar-refractivity contribution in [1.82, 2.24) is 5.32 Å². The Balaban J connectivity index is 2.19. The van der Waals surface area contributed by atoms with E-state index in [0.717, 1.165) is 19.4 Å². The fourth-order valence-electron chi connectivity index (χ4n) is 1.59. The maximum Gasteiger partial charge on any atom is 0.223 e. The summed E-state index contributed by atoms with van der Waals surface area (Å²) < 4.78 is 5.36. The zero-order valence-electron chi connectivity index (χ0n) is 8.99. The van der Waals surface area contributed by atoms with Crippen LogP contribution in [-0.2, 0) is 14.3 Å². The zero-order valence-corrected chi connectivity index (χ0v) is 8.99. The summed E-state index contributed by atoms with van der Waals surface area (Å²) in [6.45, 7) is 2.99. The third kappa shape index (κ3) is 4.29. The molecule has 0 aliphatic carbocycles. The van der Waals surface area contributed by atoms with E-state index in [0.29, 0.717) is 6.54 Å². The van der Waals surface area contributed by atoms with E-state index in [1.165, 1.54) is 0 Å². The van der Waals surface area contributed by atoms with Gasteiger partial charge in [0.2, 0.25) is 11.8 Å². The first-order chi connectivity index (χ1) is 7.09. The van der Waals surface area contributed by atoms with Crippen LogP contribution in [0.15, 0.2) is 0 Å². The summed E-state index contributed by atoms with van der Waals surface area (Å²) in [7, 11) is 0. The van der Waals surface area contributed by atoms with Gasteiger partial charge in [-0.15, -0.1) is 0 Å². The molecule has 1 aliphatic heterocycles. The van der Waals surface area contributed by atoms with Gasteiger partial charge in [0, 0.05) is 25.5 Å². The molecule has 1 fully saturated rings. The van der Waals surface area contributed by atoms with Crippen molar-refractivity contribution in [3.63, 3.8) is 0 Å². The van der Waals surface area contributed by atoms with Crippen LogP contribution in [0.3, 0.4) is 0 Å². The minimum Gasteiger partial charge on any atom is -0.376 e. The fourth-order valence-corrected chi connectivity index (χ4v) is 1.59. The summed E-state index contributed by atoms with van der Waals surface area (Å²) in [5.74, 6) is -0.942.